The maximum absolute atomic E-state index is 14.1. The summed E-state index contributed by atoms with van der Waals surface area (Å²) in [5.74, 6) is 0.398. The number of rotatable bonds is 6. The molecule has 1 N–H and O–H groups in total. The number of nitrogens with zero attached hydrogens (tertiary/aromatic N) is 2. The van der Waals surface area contributed by atoms with Crippen LogP contribution in [0.25, 0.3) is 0 Å². The van der Waals surface area contributed by atoms with Crippen LogP contribution in [0, 0.1) is 5.82 Å². The number of nitrogens with one attached hydrogen (secondary N) is 1. The number of sulfonamides is 1. The smallest absolute Gasteiger partial charge is 0.244 e. The van der Waals surface area contributed by atoms with E-state index < -0.39 is 10.0 Å². The first-order valence-electron chi connectivity index (χ1n) is 9.04. The Labute approximate surface area is 158 Å². The van der Waals surface area contributed by atoms with Crippen LogP contribution in [0.2, 0.25) is 0 Å². The molecule has 0 atom stereocenters. The minimum Gasteiger partial charge on any atom is -0.379 e. The van der Waals surface area contributed by atoms with E-state index in [1.54, 1.807) is 18.2 Å². The number of aromatic nitrogens is 1. The lowest BCUT2D eigenvalue weighted by molar-refractivity contribution is 0.0730. The molecule has 6 nitrogen and oxygen atoms in total. The third-order valence-corrected chi connectivity index (χ3v) is 7.13. The number of anilines is 1. The Morgan fingerprint density at radius 1 is 1.15 bits per heavy atom. The quantitative estimate of drug-likeness (QED) is 0.819. The van der Waals surface area contributed by atoms with Crippen molar-refractivity contribution in [1.82, 2.24) is 9.29 Å². The number of benzene rings is 1. The van der Waals surface area contributed by atoms with Crippen molar-refractivity contribution in [3.8, 4) is 0 Å². The van der Waals surface area contributed by atoms with Gasteiger partial charge in [-0.25, -0.2) is 17.8 Å². The first kappa shape index (κ1) is 18.3. The maximum Gasteiger partial charge on any atom is 0.244 e. The summed E-state index contributed by atoms with van der Waals surface area (Å²) in [6.07, 6.45) is 3.21. The van der Waals surface area contributed by atoms with Crippen molar-refractivity contribution in [1.29, 1.82) is 0 Å². The van der Waals surface area contributed by atoms with Gasteiger partial charge in [0, 0.05) is 31.2 Å². The summed E-state index contributed by atoms with van der Waals surface area (Å²) >= 11 is 0. The van der Waals surface area contributed by atoms with Gasteiger partial charge in [0.05, 0.1) is 13.2 Å². The van der Waals surface area contributed by atoms with Crippen molar-refractivity contribution < 1.29 is 17.5 Å². The minimum absolute atomic E-state index is 0.171. The number of halogens is 1. The molecule has 2 fully saturated rings. The van der Waals surface area contributed by atoms with Crippen molar-refractivity contribution in [3.63, 3.8) is 0 Å². The van der Waals surface area contributed by atoms with Crippen molar-refractivity contribution in [2.24, 2.45) is 0 Å². The zero-order chi connectivity index (χ0) is 18.9. The molecule has 8 heteroatoms. The van der Waals surface area contributed by atoms with Gasteiger partial charge in [0.15, 0.2) is 0 Å². The monoisotopic (exact) mass is 391 g/mol. The Hall–Kier alpha value is -2.03. The Kier molecular flexibility index (Phi) is 4.88. The SMILES string of the molecule is O=S(=O)(c1ccc(NCC2(c3ccccc3F)CC2)nc1)N1CCOCC1. The molecule has 27 heavy (non-hydrogen) atoms. The predicted molar refractivity (Wildman–Crippen MR) is 99.6 cm³/mol. The standard InChI is InChI=1S/C19H22FN3O3S/c20-17-4-2-1-3-16(17)19(7-8-19)14-22-18-6-5-15(13-21-18)27(24,25)23-9-11-26-12-10-23/h1-6,13H,7-12,14H2,(H,21,22). The van der Waals surface area contributed by atoms with Crippen LogP contribution in [0.5, 0.6) is 0 Å². The highest BCUT2D eigenvalue weighted by Crippen LogP contribution is 2.48. The van der Waals surface area contributed by atoms with Gasteiger partial charge in [-0.15, -0.1) is 0 Å². The molecule has 1 aromatic heterocycles. The summed E-state index contributed by atoms with van der Waals surface area (Å²) in [6, 6.07) is 10.1. The van der Waals surface area contributed by atoms with E-state index in [0.717, 1.165) is 18.4 Å². The van der Waals surface area contributed by atoms with Crippen molar-refractivity contribution >= 4 is 15.8 Å². The Balaban J connectivity index is 1.43. The first-order chi connectivity index (χ1) is 13.0. The van der Waals surface area contributed by atoms with Crippen molar-refractivity contribution in [2.75, 3.05) is 38.2 Å². The molecule has 144 valence electrons. The molecule has 4 rings (SSSR count). The summed E-state index contributed by atoms with van der Waals surface area (Å²) in [6.45, 7) is 2.09. The number of pyridine rings is 1. The van der Waals surface area contributed by atoms with Gasteiger partial charge in [-0.1, -0.05) is 18.2 Å². The molecule has 1 aliphatic carbocycles. The largest absolute Gasteiger partial charge is 0.379 e. The molecule has 0 bridgehead atoms. The predicted octanol–water partition coefficient (Wildman–Crippen LogP) is 2.39. The van der Waals surface area contributed by atoms with Gasteiger partial charge in [0.25, 0.3) is 0 Å². The van der Waals surface area contributed by atoms with Gasteiger partial charge < -0.3 is 10.1 Å². The number of hydrogen-bond donors (Lipinski definition) is 1. The van der Waals surface area contributed by atoms with E-state index in [2.05, 4.69) is 10.3 Å². The van der Waals surface area contributed by atoms with Gasteiger partial charge in [0.2, 0.25) is 10.0 Å². The molecule has 1 aliphatic heterocycles. The van der Waals surface area contributed by atoms with Crippen LogP contribution in [-0.4, -0.2) is 50.6 Å². The highest BCUT2D eigenvalue weighted by Gasteiger charge is 2.45. The lowest BCUT2D eigenvalue weighted by atomic mass is 9.95. The average molecular weight is 391 g/mol. The second-order valence-corrected chi connectivity index (χ2v) is 8.95. The molecular formula is C19H22FN3O3S. The zero-order valence-corrected chi connectivity index (χ0v) is 15.7. The summed E-state index contributed by atoms with van der Waals surface area (Å²) in [4.78, 5) is 4.42. The third kappa shape index (κ3) is 3.69. The lowest BCUT2D eigenvalue weighted by Crippen LogP contribution is -2.40. The van der Waals surface area contributed by atoms with Gasteiger partial charge in [-0.3, -0.25) is 0 Å². The van der Waals surface area contributed by atoms with Gasteiger partial charge in [-0.2, -0.15) is 4.31 Å². The fourth-order valence-electron chi connectivity index (χ4n) is 3.42. The molecule has 0 radical (unpaired) electrons. The Bertz CT molecular complexity index is 908. The average Bonchev–Trinajstić information content (AvgIpc) is 3.49. The Morgan fingerprint density at radius 2 is 1.89 bits per heavy atom. The fourth-order valence-corrected chi connectivity index (χ4v) is 4.77. The highest BCUT2D eigenvalue weighted by molar-refractivity contribution is 7.89. The topological polar surface area (TPSA) is 71.5 Å². The van der Waals surface area contributed by atoms with Gasteiger partial charge in [-0.05, 0) is 36.6 Å². The van der Waals surface area contributed by atoms with E-state index >= 15 is 0 Å². The molecule has 2 aliphatic rings. The van der Waals surface area contributed by atoms with Crippen LogP contribution < -0.4 is 5.32 Å². The second kappa shape index (κ2) is 7.18. The van der Waals surface area contributed by atoms with Crippen LogP contribution in [0.4, 0.5) is 10.2 Å². The molecule has 1 saturated heterocycles. The second-order valence-electron chi connectivity index (χ2n) is 7.01. The molecule has 1 saturated carbocycles. The number of ether oxygens (including phenoxy) is 1. The van der Waals surface area contributed by atoms with Crippen LogP contribution in [0.1, 0.15) is 18.4 Å². The molecule has 2 heterocycles. The molecular weight excluding hydrogens is 369 g/mol. The van der Waals surface area contributed by atoms with E-state index in [9.17, 15) is 12.8 Å². The van der Waals surface area contributed by atoms with Crippen LogP contribution >= 0.6 is 0 Å². The summed E-state index contributed by atoms with van der Waals surface area (Å²) < 4.78 is 45.9. The zero-order valence-electron chi connectivity index (χ0n) is 14.9. The van der Waals surface area contributed by atoms with Gasteiger partial charge >= 0.3 is 0 Å². The summed E-state index contributed by atoms with van der Waals surface area (Å²) in [5.41, 5.74) is 0.523. The fraction of sp³-hybridized carbons (Fsp3) is 0.421. The van der Waals surface area contributed by atoms with E-state index in [0.29, 0.717) is 38.7 Å². The molecule has 1 aromatic carbocycles. The van der Waals surface area contributed by atoms with E-state index in [-0.39, 0.29) is 16.1 Å². The molecule has 2 aromatic rings. The summed E-state index contributed by atoms with van der Waals surface area (Å²) in [5, 5.41) is 3.23. The number of morpholine rings is 1. The first-order valence-corrected chi connectivity index (χ1v) is 10.5. The van der Waals surface area contributed by atoms with Crippen molar-refractivity contribution in [2.45, 2.75) is 23.2 Å². The van der Waals surface area contributed by atoms with E-state index in [1.165, 1.54) is 16.6 Å². The lowest BCUT2D eigenvalue weighted by Gasteiger charge is -2.26. The molecule has 0 amide bonds. The van der Waals surface area contributed by atoms with Gasteiger partial charge in [0.1, 0.15) is 16.5 Å². The van der Waals surface area contributed by atoms with E-state index in [4.69, 9.17) is 4.74 Å². The Morgan fingerprint density at radius 3 is 2.52 bits per heavy atom. The normalized spacial score (nSPS) is 19.6. The molecule has 0 unspecified atom stereocenters. The molecule has 0 spiro atoms. The number of hydrogen-bond acceptors (Lipinski definition) is 5. The van der Waals surface area contributed by atoms with Crippen LogP contribution in [0.15, 0.2) is 47.5 Å². The maximum atomic E-state index is 14.1. The van der Waals surface area contributed by atoms with E-state index in [1.807, 2.05) is 12.1 Å². The minimum atomic E-state index is -3.54. The van der Waals surface area contributed by atoms with Crippen LogP contribution in [-0.2, 0) is 20.2 Å². The summed E-state index contributed by atoms with van der Waals surface area (Å²) in [7, 11) is -3.54. The van der Waals surface area contributed by atoms with Crippen molar-refractivity contribution in [3.05, 3.63) is 54.0 Å². The third-order valence-electron chi connectivity index (χ3n) is 5.25. The van der Waals surface area contributed by atoms with Crippen LogP contribution in [0.3, 0.4) is 0 Å². The highest BCUT2D eigenvalue weighted by atomic mass is 32.2.